The van der Waals surface area contributed by atoms with Crippen LogP contribution in [0.1, 0.15) is 18.3 Å². The fourth-order valence-electron chi connectivity index (χ4n) is 1.96. The van der Waals surface area contributed by atoms with E-state index in [0.29, 0.717) is 6.54 Å². The van der Waals surface area contributed by atoms with Crippen LogP contribution in [-0.4, -0.2) is 23.6 Å². The van der Waals surface area contributed by atoms with Gasteiger partial charge in [-0.3, -0.25) is 0 Å². The average molecular weight is 272 g/mol. The van der Waals surface area contributed by atoms with Crippen LogP contribution in [0.25, 0.3) is 0 Å². The summed E-state index contributed by atoms with van der Waals surface area (Å²) in [5, 5.41) is 6.50. The molecule has 5 nitrogen and oxygen atoms in total. The Bertz CT molecular complexity index is 572. The van der Waals surface area contributed by atoms with Crippen molar-refractivity contribution in [2.45, 2.75) is 20.4 Å². The molecular formula is C15H20N4O. The Morgan fingerprint density at radius 3 is 2.50 bits per heavy atom. The zero-order valence-corrected chi connectivity index (χ0v) is 12.1. The van der Waals surface area contributed by atoms with Gasteiger partial charge < -0.3 is 15.4 Å². The van der Waals surface area contributed by atoms with Crippen molar-refractivity contribution in [1.82, 2.24) is 9.97 Å². The van der Waals surface area contributed by atoms with Crippen molar-refractivity contribution < 1.29 is 4.74 Å². The van der Waals surface area contributed by atoms with Crippen molar-refractivity contribution >= 4 is 11.6 Å². The molecule has 0 bridgehead atoms. The number of hydrogen-bond donors (Lipinski definition) is 2. The van der Waals surface area contributed by atoms with Gasteiger partial charge in [0.25, 0.3) is 0 Å². The lowest BCUT2D eigenvalue weighted by Gasteiger charge is -2.11. The van der Waals surface area contributed by atoms with Crippen molar-refractivity contribution in [3.8, 4) is 5.75 Å². The summed E-state index contributed by atoms with van der Waals surface area (Å²) in [4.78, 5) is 8.71. The van der Waals surface area contributed by atoms with Crippen LogP contribution >= 0.6 is 0 Å². The first-order valence-electron chi connectivity index (χ1n) is 6.68. The summed E-state index contributed by atoms with van der Waals surface area (Å²) < 4.78 is 5.33. The van der Waals surface area contributed by atoms with E-state index < -0.39 is 0 Å². The molecule has 106 valence electrons. The molecule has 0 saturated carbocycles. The Balaban J connectivity index is 2.10. The predicted molar refractivity (Wildman–Crippen MR) is 81.3 cm³/mol. The van der Waals surface area contributed by atoms with E-state index in [4.69, 9.17) is 4.74 Å². The Hall–Kier alpha value is -2.30. The van der Waals surface area contributed by atoms with Gasteiger partial charge in [-0.25, -0.2) is 9.97 Å². The van der Waals surface area contributed by atoms with Gasteiger partial charge in [0.2, 0.25) is 0 Å². The number of rotatable bonds is 6. The summed E-state index contributed by atoms with van der Waals surface area (Å²) in [5.41, 5.74) is 1.09. The van der Waals surface area contributed by atoms with Crippen molar-refractivity contribution in [1.29, 1.82) is 0 Å². The summed E-state index contributed by atoms with van der Waals surface area (Å²) in [6.07, 6.45) is 0. The van der Waals surface area contributed by atoms with Crippen LogP contribution in [0.2, 0.25) is 0 Å². The molecule has 2 rings (SSSR count). The molecule has 5 heteroatoms. The molecule has 2 N–H and O–H groups in total. The van der Waals surface area contributed by atoms with E-state index in [1.165, 1.54) is 0 Å². The normalized spacial score (nSPS) is 10.2. The van der Waals surface area contributed by atoms with E-state index in [-0.39, 0.29) is 0 Å². The van der Waals surface area contributed by atoms with Crippen molar-refractivity contribution in [3.63, 3.8) is 0 Å². The van der Waals surface area contributed by atoms with Gasteiger partial charge in [-0.1, -0.05) is 18.2 Å². The largest absolute Gasteiger partial charge is 0.496 e. The van der Waals surface area contributed by atoms with Crippen LogP contribution in [0.5, 0.6) is 5.75 Å². The Labute approximate surface area is 119 Å². The van der Waals surface area contributed by atoms with Gasteiger partial charge >= 0.3 is 0 Å². The van der Waals surface area contributed by atoms with Gasteiger partial charge in [0, 0.05) is 24.7 Å². The van der Waals surface area contributed by atoms with Gasteiger partial charge in [-0.2, -0.15) is 0 Å². The Morgan fingerprint density at radius 2 is 1.80 bits per heavy atom. The van der Waals surface area contributed by atoms with Crippen LogP contribution in [-0.2, 0) is 6.54 Å². The number of methoxy groups -OCH3 is 1. The lowest BCUT2D eigenvalue weighted by Crippen LogP contribution is -2.07. The van der Waals surface area contributed by atoms with Gasteiger partial charge in [-0.15, -0.1) is 0 Å². The molecule has 0 unspecified atom stereocenters. The molecule has 20 heavy (non-hydrogen) atoms. The minimum absolute atomic E-state index is 0.659. The first-order chi connectivity index (χ1) is 9.72. The van der Waals surface area contributed by atoms with Crippen LogP contribution in [0.3, 0.4) is 0 Å². The first kappa shape index (κ1) is 14.1. The summed E-state index contributed by atoms with van der Waals surface area (Å²) in [5.74, 6) is 3.26. The number of anilines is 2. The number of ether oxygens (including phenoxy) is 1. The molecule has 1 aromatic heterocycles. The van der Waals surface area contributed by atoms with Crippen molar-refractivity contribution in [3.05, 3.63) is 41.7 Å². The second kappa shape index (κ2) is 6.75. The molecule has 0 fully saturated rings. The van der Waals surface area contributed by atoms with Crippen molar-refractivity contribution in [2.75, 3.05) is 24.3 Å². The molecule has 0 aliphatic carbocycles. The third-order valence-corrected chi connectivity index (χ3v) is 2.85. The van der Waals surface area contributed by atoms with Gasteiger partial charge in [0.1, 0.15) is 23.2 Å². The molecule has 0 spiro atoms. The Kier molecular flexibility index (Phi) is 4.76. The highest BCUT2D eigenvalue weighted by molar-refractivity contribution is 5.48. The molecule has 1 aromatic carbocycles. The van der Waals surface area contributed by atoms with E-state index in [2.05, 4.69) is 20.6 Å². The third-order valence-electron chi connectivity index (χ3n) is 2.85. The number of aryl methyl sites for hydroxylation is 1. The Morgan fingerprint density at radius 1 is 1.10 bits per heavy atom. The molecule has 1 heterocycles. The number of nitrogens with zero attached hydrogens (tertiary/aromatic N) is 2. The zero-order valence-electron chi connectivity index (χ0n) is 12.1. The summed E-state index contributed by atoms with van der Waals surface area (Å²) in [7, 11) is 1.68. The van der Waals surface area contributed by atoms with E-state index in [0.717, 1.165) is 35.3 Å². The van der Waals surface area contributed by atoms with E-state index in [1.807, 2.05) is 44.2 Å². The average Bonchev–Trinajstić information content (AvgIpc) is 2.45. The highest BCUT2D eigenvalue weighted by atomic mass is 16.5. The molecule has 0 aliphatic rings. The second-order valence-corrected chi connectivity index (χ2v) is 4.38. The fraction of sp³-hybridized carbons (Fsp3) is 0.333. The molecule has 0 saturated heterocycles. The van der Waals surface area contributed by atoms with Crippen LogP contribution in [0.4, 0.5) is 11.6 Å². The number of nitrogens with one attached hydrogen (secondary N) is 2. The number of para-hydroxylation sites is 1. The van der Waals surface area contributed by atoms with Crippen LogP contribution in [0.15, 0.2) is 30.3 Å². The summed E-state index contributed by atoms with van der Waals surface area (Å²) >= 11 is 0. The van der Waals surface area contributed by atoms with Gasteiger partial charge in [0.05, 0.1) is 7.11 Å². The minimum Gasteiger partial charge on any atom is -0.496 e. The van der Waals surface area contributed by atoms with Gasteiger partial charge in [0.15, 0.2) is 0 Å². The van der Waals surface area contributed by atoms with Crippen LogP contribution in [0, 0.1) is 6.92 Å². The van der Waals surface area contributed by atoms with E-state index >= 15 is 0 Å². The maximum absolute atomic E-state index is 5.33. The second-order valence-electron chi connectivity index (χ2n) is 4.38. The molecule has 0 amide bonds. The maximum Gasteiger partial charge on any atom is 0.132 e. The smallest absolute Gasteiger partial charge is 0.132 e. The van der Waals surface area contributed by atoms with E-state index in [1.54, 1.807) is 7.11 Å². The quantitative estimate of drug-likeness (QED) is 0.846. The van der Waals surface area contributed by atoms with Crippen molar-refractivity contribution in [2.24, 2.45) is 0 Å². The summed E-state index contributed by atoms with van der Waals surface area (Å²) in [6, 6.07) is 9.85. The molecule has 0 aliphatic heterocycles. The topological polar surface area (TPSA) is 59.1 Å². The number of benzene rings is 1. The molecule has 2 aromatic rings. The van der Waals surface area contributed by atoms with Crippen LogP contribution < -0.4 is 15.4 Å². The van der Waals surface area contributed by atoms with E-state index in [9.17, 15) is 0 Å². The SMILES string of the molecule is CCNc1cc(NCc2ccccc2OC)nc(C)n1. The minimum atomic E-state index is 0.659. The van der Waals surface area contributed by atoms with Gasteiger partial charge in [-0.05, 0) is 19.9 Å². The lowest BCUT2D eigenvalue weighted by molar-refractivity contribution is 0.410. The fourth-order valence-corrected chi connectivity index (χ4v) is 1.96. The monoisotopic (exact) mass is 272 g/mol. The standard InChI is InChI=1S/C15H20N4O/c1-4-16-14-9-15(19-11(2)18-14)17-10-12-7-5-6-8-13(12)20-3/h5-9H,4,10H2,1-3H3,(H2,16,17,18,19). The predicted octanol–water partition coefficient (Wildman–Crippen LogP) is 2.84. The molecule has 0 radical (unpaired) electrons. The number of aromatic nitrogens is 2. The highest BCUT2D eigenvalue weighted by Gasteiger charge is 2.04. The third kappa shape index (κ3) is 3.60. The zero-order chi connectivity index (χ0) is 14.4. The maximum atomic E-state index is 5.33. The first-order valence-corrected chi connectivity index (χ1v) is 6.68. The molecular weight excluding hydrogens is 252 g/mol. The number of hydrogen-bond acceptors (Lipinski definition) is 5. The summed E-state index contributed by atoms with van der Waals surface area (Å²) in [6.45, 7) is 5.42. The lowest BCUT2D eigenvalue weighted by atomic mass is 10.2. The molecule has 0 atom stereocenters. The highest BCUT2D eigenvalue weighted by Crippen LogP contribution is 2.19.